The van der Waals surface area contributed by atoms with Crippen LogP contribution in [0.5, 0.6) is 0 Å². The molecule has 0 aromatic carbocycles. The quantitative estimate of drug-likeness (QED) is 0.793. The van der Waals surface area contributed by atoms with Crippen LogP contribution in [0.15, 0.2) is 23.1 Å². The molecule has 0 N–H and O–H groups in total. The first-order valence-electron chi connectivity index (χ1n) is 6.03. The fraction of sp³-hybridized carbons (Fsp3) is 0.500. The maximum atomic E-state index is 5.24. The first-order chi connectivity index (χ1) is 8.43. The Morgan fingerprint density at radius 2 is 2.00 bits per heavy atom. The zero-order valence-electron chi connectivity index (χ0n) is 9.54. The molecule has 5 heteroatoms. The van der Waals surface area contributed by atoms with E-state index in [4.69, 9.17) is 4.52 Å². The molecule has 0 atom stereocenters. The summed E-state index contributed by atoms with van der Waals surface area (Å²) < 4.78 is 5.24. The molecule has 1 fully saturated rings. The number of nitrogens with zero attached hydrogens (tertiary/aromatic N) is 4. The molecule has 2 heterocycles. The van der Waals surface area contributed by atoms with E-state index in [1.54, 1.807) is 18.6 Å². The summed E-state index contributed by atoms with van der Waals surface area (Å²) in [6.07, 6.45) is 11.1. The van der Waals surface area contributed by atoms with Crippen LogP contribution in [0.25, 0.3) is 11.6 Å². The molecule has 2 aromatic heterocycles. The maximum absolute atomic E-state index is 5.24. The average molecular weight is 230 g/mol. The Kier molecular flexibility index (Phi) is 2.81. The van der Waals surface area contributed by atoms with Gasteiger partial charge >= 0.3 is 0 Å². The molecule has 0 aliphatic heterocycles. The minimum atomic E-state index is 0.456. The van der Waals surface area contributed by atoms with Crippen molar-refractivity contribution < 1.29 is 4.52 Å². The van der Waals surface area contributed by atoms with E-state index in [2.05, 4.69) is 20.1 Å². The molecule has 0 saturated heterocycles. The van der Waals surface area contributed by atoms with Gasteiger partial charge in [-0.2, -0.15) is 4.98 Å². The van der Waals surface area contributed by atoms with Gasteiger partial charge in [-0.05, 0) is 12.8 Å². The lowest BCUT2D eigenvalue weighted by Gasteiger charge is -2.17. The molecule has 2 aromatic rings. The molecule has 0 amide bonds. The van der Waals surface area contributed by atoms with Crippen molar-refractivity contribution in [1.29, 1.82) is 0 Å². The highest BCUT2D eigenvalue weighted by Crippen LogP contribution is 2.31. The Balaban J connectivity index is 1.83. The van der Waals surface area contributed by atoms with E-state index in [-0.39, 0.29) is 0 Å². The van der Waals surface area contributed by atoms with Crippen molar-refractivity contribution >= 4 is 0 Å². The van der Waals surface area contributed by atoms with Crippen molar-refractivity contribution in [1.82, 2.24) is 20.1 Å². The van der Waals surface area contributed by atoms with Gasteiger partial charge in [0.25, 0.3) is 5.89 Å². The van der Waals surface area contributed by atoms with Crippen molar-refractivity contribution in [2.75, 3.05) is 0 Å². The topological polar surface area (TPSA) is 64.7 Å². The van der Waals surface area contributed by atoms with Crippen molar-refractivity contribution in [3.8, 4) is 11.6 Å². The van der Waals surface area contributed by atoms with Gasteiger partial charge < -0.3 is 4.52 Å². The van der Waals surface area contributed by atoms with Gasteiger partial charge in [0.2, 0.25) is 0 Å². The van der Waals surface area contributed by atoms with Gasteiger partial charge in [-0.15, -0.1) is 0 Å². The summed E-state index contributed by atoms with van der Waals surface area (Å²) in [4.78, 5) is 12.6. The molecular formula is C12H14N4O. The van der Waals surface area contributed by atoms with Crippen LogP contribution in [0.1, 0.15) is 43.8 Å². The van der Waals surface area contributed by atoms with Crippen LogP contribution in [0.4, 0.5) is 0 Å². The summed E-state index contributed by atoms with van der Waals surface area (Å²) in [6, 6.07) is 0. The highest BCUT2D eigenvalue weighted by Gasteiger charge is 2.21. The van der Waals surface area contributed by atoms with Crippen molar-refractivity contribution in [2.45, 2.75) is 38.0 Å². The van der Waals surface area contributed by atoms with Gasteiger partial charge in [0.15, 0.2) is 5.82 Å². The van der Waals surface area contributed by atoms with Gasteiger partial charge in [0, 0.05) is 18.3 Å². The van der Waals surface area contributed by atoms with Crippen molar-refractivity contribution in [2.24, 2.45) is 0 Å². The number of hydrogen-bond donors (Lipinski definition) is 0. The van der Waals surface area contributed by atoms with Crippen LogP contribution in [0.3, 0.4) is 0 Å². The number of aromatic nitrogens is 4. The molecule has 1 aliphatic rings. The highest BCUT2D eigenvalue weighted by atomic mass is 16.5. The lowest BCUT2D eigenvalue weighted by atomic mass is 9.89. The Hall–Kier alpha value is -1.78. The zero-order chi connectivity index (χ0) is 11.5. The van der Waals surface area contributed by atoms with E-state index < -0.39 is 0 Å². The second-order valence-corrected chi connectivity index (χ2v) is 4.38. The minimum absolute atomic E-state index is 0.456. The molecule has 1 aliphatic carbocycles. The number of hydrogen-bond acceptors (Lipinski definition) is 5. The maximum Gasteiger partial charge on any atom is 0.278 e. The smallest absolute Gasteiger partial charge is 0.278 e. The molecule has 17 heavy (non-hydrogen) atoms. The van der Waals surface area contributed by atoms with Crippen LogP contribution >= 0.6 is 0 Å². The van der Waals surface area contributed by atoms with E-state index in [1.807, 2.05) is 0 Å². The molecule has 88 valence electrons. The third-order valence-electron chi connectivity index (χ3n) is 3.19. The molecule has 0 bridgehead atoms. The molecule has 1 saturated carbocycles. The van der Waals surface area contributed by atoms with Crippen LogP contribution in [-0.2, 0) is 0 Å². The number of rotatable bonds is 2. The average Bonchev–Trinajstić information content (AvgIpc) is 2.90. The van der Waals surface area contributed by atoms with E-state index in [0.29, 0.717) is 17.5 Å². The largest absolute Gasteiger partial charge is 0.332 e. The fourth-order valence-corrected chi connectivity index (χ4v) is 2.28. The lowest BCUT2D eigenvalue weighted by molar-refractivity contribution is 0.384. The van der Waals surface area contributed by atoms with Gasteiger partial charge in [-0.3, -0.25) is 4.98 Å². The standard InChI is InChI=1S/C12H14N4O/c1-2-4-9(5-3-1)11-15-12(17-16-11)10-8-13-6-7-14-10/h6-9H,1-5H2. The Bertz CT molecular complexity index is 476. The SMILES string of the molecule is c1cnc(-c2nc(C3CCCCC3)no2)cn1. The first-order valence-corrected chi connectivity index (χ1v) is 6.03. The van der Waals surface area contributed by atoms with Crippen LogP contribution < -0.4 is 0 Å². The predicted molar refractivity (Wildman–Crippen MR) is 61.2 cm³/mol. The van der Waals surface area contributed by atoms with E-state index in [9.17, 15) is 0 Å². The van der Waals surface area contributed by atoms with Gasteiger partial charge in [-0.1, -0.05) is 24.4 Å². The van der Waals surface area contributed by atoms with Gasteiger partial charge in [0.1, 0.15) is 5.69 Å². The van der Waals surface area contributed by atoms with Gasteiger partial charge in [0.05, 0.1) is 6.20 Å². The molecular weight excluding hydrogens is 216 g/mol. The third kappa shape index (κ3) is 2.18. The second-order valence-electron chi connectivity index (χ2n) is 4.38. The molecule has 0 unspecified atom stereocenters. The van der Waals surface area contributed by atoms with Gasteiger partial charge in [-0.25, -0.2) is 4.98 Å². The zero-order valence-corrected chi connectivity index (χ0v) is 9.54. The second kappa shape index (κ2) is 4.61. The van der Waals surface area contributed by atoms with E-state index in [0.717, 1.165) is 5.82 Å². The van der Waals surface area contributed by atoms with Crippen LogP contribution in [0.2, 0.25) is 0 Å². The first kappa shape index (κ1) is 10.4. The predicted octanol–water partition coefficient (Wildman–Crippen LogP) is 2.57. The summed E-state index contributed by atoms with van der Waals surface area (Å²) in [5.74, 6) is 1.75. The molecule has 3 rings (SSSR count). The Morgan fingerprint density at radius 3 is 2.76 bits per heavy atom. The summed E-state index contributed by atoms with van der Waals surface area (Å²) in [6.45, 7) is 0. The highest BCUT2D eigenvalue weighted by molar-refractivity contribution is 5.43. The van der Waals surface area contributed by atoms with Crippen LogP contribution in [0, 0.1) is 0 Å². The molecule has 0 radical (unpaired) electrons. The van der Waals surface area contributed by atoms with E-state index >= 15 is 0 Å². The third-order valence-corrected chi connectivity index (χ3v) is 3.19. The Morgan fingerprint density at radius 1 is 1.12 bits per heavy atom. The van der Waals surface area contributed by atoms with E-state index in [1.165, 1.54) is 32.1 Å². The summed E-state index contributed by atoms with van der Waals surface area (Å²) in [5.41, 5.74) is 0.641. The van der Waals surface area contributed by atoms with Crippen molar-refractivity contribution in [3.05, 3.63) is 24.4 Å². The monoisotopic (exact) mass is 230 g/mol. The Labute approximate surface area is 99.3 Å². The fourth-order valence-electron chi connectivity index (χ4n) is 2.28. The molecule has 0 spiro atoms. The lowest BCUT2D eigenvalue weighted by Crippen LogP contribution is -2.06. The van der Waals surface area contributed by atoms with Crippen LogP contribution in [-0.4, -0.2) is 20.1 Å². The van der Waals surface area contributed by atoms with Crippen molar-refractivity contribution in [3.63, 3.8) is 0 Å². The summed E-state index contributed by atoms with van der Waals surface area (Å²) >= 11 is 0. The summed E-state index contributed by atoms with van der Waals surface area (Å²) in [5, 5.41) is 4.06. The minimum Gasteiger partial charge on any atom is -0.332 e. The summed E-state index contributed by atoms with van der Waals surface area (Å²) in [7, 11) is 0. The normalized spacial score (nSPS) is 17.2. The molecule has 5 nitrogen and oxygen atoms in total.